The molecule has 0 atom stereocenters. The maximum absolute atomic E-state index is 13.4. The number of nitro benzene ring substituents is 1. The third-order valence-corrected chi connectivity index (χ3v) is 6.87. The number of sulfone groups is 1. The van der Waals surface area contributed by atoms with Crippen molar-refractivity contribution >= 4 is 32.8 Å². The van der Waals surface area contributed by atoms with Crippen LogP contribution < -0.4 is 15.4 Å². The third kappa shape index (κ3) is 5.92. The predicted octanol–water partition coefficient (Wildman–Crippen LogP) is 4.81. The lowest BCUT2D eigenvalue weighted by atomic mass is 10.2. The van der Waals surface area contributed by atoms with Crippen molar-refractivity contribution in [1.29, 1.82) is 0 Å². The van der Waals surface area contributed by atoms with E-state index in [1.165, 1.54) is 50.4 Å². The highest BCUT2D eigenvalue weighted by Crippen LogP contribution is 2.34. The Morgan fingerprint density at radius 3 is 2.44 bits per heavy atom. The van der Waals surface area contributed by atoms with E-state index in [4.69, 9.17) is 4.74 Å². The zero-order chi connectivity index (χ0) is 26.7. The van der Waals surface area contributed by atoms with Gasteiger partial charge < -0.3 is 15.4 Å². The molecule has 0 radical (unpaired) electrons. The minimum Gasteiger partial charge on any atom is -0.497 e. The number of benzene rings is 3. The van der Waals surface area contributed by atoms with Crippen molar-refractivity contribution in [3.8, 4) is 5.75 Å². The van der Waals surface area contributed by atoms with Gasteiger partial charge in [-0.15, -0.1) is 0 Å². The summed E-state index contributed by atoms with van der Waals surface area (Å²) < 4.78 is 70.5. The first-order chi connectivity index (χ1) is 16.8. The molecule has 0 saturated heterocycles. The smallest absolute Gasteiger partial charge is 0.416 e. The zero-order valence-corrected chi connectivity index (χ0v) is 19.7. The molecule has 9 nitrogen and oxygen atoms in total. The van der Waals surface area contributed by atoms with Gasteiger partial charge in [0.1, 0.15) is 5.75 Å². The molecule has 2 N–H and O–H groups in total. The summed E-state index contributed by atoms with van der Waals surface area (Å²) in [6.45, 7) is 0.981. The Labute approximate surface area is 204 Å². The highest BCUT2D eigenvalue weighted by Gasteiger charge is 2.30. The number of amides is 1. The number of carbonyl (C=O) groups excluding carboxylic acids is 1. The second-order valence-corrected chi connectivity index (χ2v) is 9.47. The van der Waals surface area contributed by atoms with Crippen LogP contribution in [0.25, 0.3) is 0 Å². The van der Waals surface area contributed by atoms with E-state index in [0.717, 1.165) is 24.3 Å². The molecule has 0 aromatic heterocycles. The quantitative estimate of drug-likeness (QED) is 0.320. The van der Waals surface area contributed by atoms with E-state index in [2.05, 4.69) is 10.6 Å². The van der Waals surface area contributed by atoms with Crippen LogP contribution in [0.5, 0.6) is 5.75 Å². The Morgan fingerprint density at radius 1 is 1.08 bits per heavy atom. The van der Waals surface area contributed by atoms with E-state index < -0.39 is 39.0 Å². The summed E-state index contributed by atoms with van der Waals surface area (Å²) in [6, 6.07) is 11.5. The Balaban J connectivity index is 1.88. The van der Waals surface area contributed by atoms with E-state index >= 15 is 0 Å². The maximum atomic E-state index is 13.4. The fraction of sp³-hybridized carbons (Fsp3) is 0.174. The molecule has 0 spiro atoms. The number of methoxy groups -OCH3 is 1. The molecule has 190 valence electrons. The first kappa shape index (κ1) is 26.5. The SMILES string of the molecule is COc1ccc(NCC(=O)Nc2cccc(C(F)(F)F)c2)c(S(=O)(=O)c2ccc(C)c([N+](=O)[O-])c2)c1. The van der Waals surface area contributed by atoms with Gasteiger partial charge in [0.25, 0.3) is 5.69 Å². The van der Waals surface area contributed by atoms with Gasteiger partial charge in [0.2, 0.25) is 15.7 Å². The van der Waals surface area contributed by atoms with Crippen LogP contribution in [0.15, 0.2) is 70.5 Å². The monoisotopic (exact) mass is 523 g/mol. The number of aryl methyl sites for hydroxylation is 1. The largest absolute Gasteiger partial charge is 0.497 e. The molecule has 0 bridgehead atoms. The van der Waals surface area contributed by atoms with E-state index in [9.17, 15) is 36.5 Å². The summed E-state index contributed by atoms with van der Waals surface area (Å²) >= 11 is 0. The van der Waals surface area contributed by atoms with Crippen molar-refractivity contribution < 1.29 is 36.0 Å². The minimum atomic E-state index is -4.59. The molecule has 13 heteroatoms. The average Bonchev–Trinajstić information content (AvgIpc) is 2.82. The molecule has 36 heavy (non-hydrogen) atoms. The second kappa shape index (κ2) is 10.2. The standard InChI is InChI=1S/C23H20F3N3O6S/c1-14-6-8-18(12-20(14)29(31)32)36(33,34)21-11-17(35-2)7-9-19(21)27-13-22(30)28-16-5-3-4-15(10-16)23(24,25)26/h3-12,27H,13H2,1-2H3,(H,28,30). The highest BCUT2D eigenvalue weighted by atomic mass is 32.2. The molecule has 0 aliphatic heterocycles. The molecule has 1 amide bonds. The fourth-order valence-electron chi connectivity index (χ4n) is 3.23. The van der Waals surface area contributed by atoms with Crippen LogP contribution in [0, 0.1) is 17.0 Å². The molecule has 3 rings (SSSR count). The molecule has 0 heterocycles. The van der Waals surface area contributed by atoms with Gasteiger partial charge in [-0.25, -0.2) is 8.42 Å². The number of ether oxygens (including phenoxy) is 1. The maximum Gasteiger partial charge on any atom is 0.416 e. The highest BCUT2D eigenvalue weighted by molar-refractivity contribution is 7.91. The Bertz CT molecular complexity index is 1420. The van der Waals surface area contributed by atoms with E-state index in [0.29, 0.717) is 0 Å². The van der Waals surface area contributed by atoms with Gasteiger partial charge in [-0.3, -0.25) is 14.9 Å². The van der Waals surface area contributed by atoms with Crippen LogP contribution >= 0.6 is 0 Å². The van der Waals surface area contributed by atoms with Gasteiger partial charge in [-0.2, -0.15) is 13.2 Å². The summed E-state index contributed by atoms with van der Waals surface area (Å²) in [5.41, 5.74) is -1.16. The van der Waals surface area contributed by atoms with Crippen molar-refractivity contribution in [3.05, 3.63) is 81.9 Å². The summed E-state index contributed by atoms with van der Waals surface area (Å²) in [4.78, 5) is 22.3. The lowest BCUT2D eigenvalue weighted by molar-refractivity contribution is -0.385. The van der Waals surface area contributed by atoms with Gasteiger partial charge in [0.15, 0.2) is 0 Å². The Morgan fingerprint density at radius 2 is 1.81 bits per heavy atom. The molecule has 0 aliphatic carbocycles. The number of halogens is 3. The van der Waals surface area contributed by atoms with Crippen LogP contribution in [0.1, 0.15) is 11.1 Å². The summed E-state index contributed by atoms with van der Waals surface area (Å²) in [6.07, 6.45) is -4.59. The van der Waals surface area contributed by atoms with E-state index in [1.54, 1.807) is 0 Å². The Hall–Kier alpha value is -4.13. The number of nitrogens with zero attached hydrogens (tertiary/aromatic N) is 1. The lowest BCUT2D eigenvalue weighted by Crippen LogP contribution is -2.23. The van der Waals surface area contributed by atoms with Gasteiger partial charge in [0, 0.05) is 23.4 Å². The number of anilines is 2. The first-order valence-electron chi connectivity index (χ1n) is 10.2. The zero-order valence-electron chi connectivity index (χ0n) is 18.9. The van der Waals surface area contributed by atoms with Crippen LogP contribution in [0.2, 0.25) is 0 Å². The number of alkyl halides is 3. The van der Waals surface area contributed by atoms with Crippen LogP contribution in [0.3, 0.4) is 0 Å². The van der Waals surface area contributed by atoms with Gasteiger partial charge >= 0.3 is 6.18 Å². The number of nitro groups is 1. The second-order valence-electron chi connectivity index (χ2n) is 7.55. The van der Waals surface area contributed by atoms with Crippen molar-refractivity contribution in [1.82, 2.24) is 0 Å². The number of hydrogen-bond donors (Lipinski definition) is 2. The number of rotatable bonds is 8. The summed E-state index contributed by atoms with van der Waals surface area (Å²) in [5, 5.41) is 16.2. The first-order valence-corrected chi connectivity index (χ1v) is 11.7. The fourth-order valence-corrected chi connectivity index (χ4v) is 4.70. The minimum absolute atomic E-state index is 0.0155. The lowest BCUT2D eigenvalue weighted by Gasteiger charge is -2.15. The summed E-state index contributed by atoms with van der Waals surface area (Å²) in [7, 11) is -2.99. The van der Waals surface area contributed by atoms with E-state index in [1.807, 2.05) is 0 Å². The van der Waals surface area contributed by atoms with Crippen molar-refractivity contribution in [2.75, 3.05) is 24.3 Å². The normalized spacial score (nSPS) is 11.6. The molecule has 0 saturated carbocycles. The molecular formula is C23H20F3N3O6S. The van der Waals surface area contributed by atoms with Gasteiger partial charge in [0.05, 0.1) is 39.6 Å². The van der Waals surface area contributed by atoms with Crippen LogP contribution in [-0.4, -0.2) is 32.9 Å². The van der Waals surface area contributed by atoms with Crippen LogP contribution in [-0.2, 0) is 20.8 Å². The molecule has 3 aromatic rings. The van der Waals surface area contributed by atoms with Crippen molar-refractivity contribution in [2.24, 2.45) is 0 Å². The average molecular weight is 523 g/mol. The predicted molar refractivity (Wildman–Crippen MR) is 125 cm³/mol. The molecule has 3 aromatic carbocycles. The van der Waals surface area contributed by atoms with Gasteiger partial charge in [-0.05, 0) is 43.3 Å². The molecule has 0 unspecified atom stereocenters. The summed E-state index contributed by atoms with van der Waals surface area (Å²) in [5.74, 6) is -0.561. The Kier molecular flexibility index (Phi) is 7.53. The van der Waals surface area contributed by atoms with Gasteiger partial charge in [-0.1, -0.05) is 12.1 Å². The number of carbonyl (C=O) groups is 1. The van der Waals surface area contributed by atoms with Crippen molar-refractivity contribution in [2.45, 2.75) is 22.9 Å². The van der Waals surface area contributed by atoms with E-state index in [-0.39, 0.29) is 38.2 Å². The molecule has 0 fully saturated rings. The molecule has 0 aliphatic rings. The topological polar surface area (TPSA) is 128 Å². The number of nitrogens with one attached hydrogen (secondary N) is 2. The van der Waals surface area contributed by atoms with Crippen LogP contribution in [0.4, 0.5) is 30.2 Å². The van der Waals surface area contributed by atoms with Crippen molar-refractivity contribution in [3.63, 3.8) is 0 Å². The third-order valence-electron chi connectivity index (χ3n) is 5.08. The number of hydrogen-bond acceptors (Lipinski definition) is 7. The molecular weight excluding hydrogens is 503 g/mol.